The van der Waals surface area contributed by atoms with Crippen molar-refractivity contribution in [3.05, 3.63) is 327 Å². The molecule has 0 saturated heterocycles. The first-order valence-corrected chi connectivity index (χ1v) is 52.6. The Balaban J connectivity index is 0.000000107. The maximum Gasteiger partial charge on any atom is 0.175 e. The van der Waals surface area contributed by atoms with Crippen molar-refractivity contribution in [2.45, 2.75) is 181 Å². The monoisotopic (exact) mass is 1860 g/mol. The van der Waals surface area contributed by atoms with Crippen molar-refractivity contribution in [3.8, 4) is 0 Å². The summed E-state index contributed by atoms with van der Waals surface area (Å²) >= 11 is 16.3. The Bertz CT molecular complexity index is 7320. The Morgan fingerprint density at radius 3 is 1.15 bits per heavy atom. The predicted molar refractivity (Wildman–Crippen MR) is 569 cm³/mol. The molecule has 0 saturated carbocycles. The van der Waals surface area contributed by atoms with Crippen LogP contribution in [0.2, 0.25) is 10.0 Å². The number of benzene rings is 9. The molecule has 0 fully saturated rings. The number of sulfone groups is 1. The molecule has 6 aromatic heterocycles. The molecule has 17 heteroatoms. The zero-order chi connectivity index (χ0) is 92.4. The fourth-order valence-corrected chi connectivity index (χ4v) is 24.8. The van der Waals surface area contributed by atoms with Gasteiger partial charge in [-0.15, -0.1) is 23.1 Å². The first-order valence-electron chi connectivity index (χ1n) is 47.9. The van der Waals surface area contributed by atoms with E-state index in [1.165, 1.54) is 201 Å². The van der Waals surface area contributed by atoms with E-state index in [1.807, 2.05) is 42.5 Å². The molecule has 0 N–H and O–H groups in total. The second kappa shape index (κ2) is 38.9. The molecule has 0 spiro atoms. The molecule has 9 aromatic carbocycles. The highest BCUT2D eigenvalue weighted by Crippen LogP contribution is 2.49. The van der Waals surface area contributed by atoms with Crippen LogP contribution < -0.4 is 0 Å². The van der Waals surface area contributed by atoms with Gasteiger partial charge < -0.3 is 47.3 Å². The number of nitrogens with zero attached hydrogens (tertiary/aromatic N) is 10. The summed E-state index contributed by atoms with van der Waals surface area (Å²) in [4.78, 5) is 15.2. The number of hydrogen-bond acceptors (Lipinski definition) is 9. The van der Waals surface area contributed by atoms with Crippen molar-refractivity contribution in [2.24, 2.45) is 0 Å². The van der Waals surface area contributed by atoms with Gasteiger partial charge in [0.2, 0.25) is 0 Å². The Morgan fingerprint density at radius 1 is 0.368 bits per heavy atom. The maximum atomic E-state index is 11.9. The fourth-order valence-electron chi connectivity index (χ4n) is 22.3. The predicted octanol–water partition coefficient (Wildman–Crippen LogP) is 27.9. The third-order valence-corrected chi connectivity index (χ3v) is 32.5. The standard InChI is InChI=1S/C25H28N2.C24H26N2.C23H26N2S.C22H23ClN2O2S.C22H23ClN2S/c1-17-7-10-19(11-8-17)20-5-4-6-23(20)27-24-12-9-18(2)15-21(24)22-16-26(3)14-13-25(22)27;1-17-11-12-23-20(15-17)21-16-25(2)14-13-24(21)26(23)22-10-6-9-19(22)18-7-4-3-5-8-18;1-15-7-8-21-18(13-15)19-14-24(3)11-9-22(19)25(21)20-6-4-5-17(20)23-16(2)10-12-26-23;1-15(16-5-4-6-18(11-16)28(3,26)27)13-25-21-8-7-17(23)12-19(21)20-14-24(2)10-9-22(20)25;1-15(16-5-4-6-18(11-16)26-3)13-25-21-8-7-17(23)12-19(21)20-14-24(2)10-9-22(20)25/h7-12,15H,4-6,13-14,16H2,1-3H3;3-5,7-8,11-12,15H,6,9-10,13-14,16H2,1-2H3;7-8,10,12-13H,4-6,9,11,14H2,1-3H3;4-8,11-13H,9-10,14H2,1-3H3;4-8,11-13H,9-10,14H2,1-3H3/b;;;2*15-13+. The molecule has 0 radical (unpaired) electrons. The Labute approximate surface area is 805 Å². The van der Waals surface area contributed by atoms with Crippen LogP contribution in [-0.4, -0.2) is 136 Å². The number of aryl methyl sites for hydroxylation is 5. The van der Waals surface area contributed by atoms with Gasteiger partial charge in [0.05, 0.1) is 32.5 Å². The average Bonchev–Trinajstić information content (AvgIpc) is 1.60. The van der Waals surface area contributed by atoms with Crippen molar-refractivity contribution in [2.75, 3.05) is 80.5 Å². The van der Waals surface area contributed by atoms with E-state index >= 15 is 0 Å². The number of aromatic nitrogens is 5. The molecule has 15 aromatic rings. The van der Waals surface area contributed by atoms with Crippen LogP contribution in [0.3, 0.4) is 0 Å². The molecule has 133 heavy (non-hydrogen) atoms. The van der Waals surface area contributed by atoms with E-state index in [1.54, 1.807) is 91.8 Å². The summed E-state index contributed by atoms with van der Waals surface area (Å²) in [6.45, 7) is 25.9. The van der Waals surface area contributed by atoms with E-state index in [-0.39, 0.29) is 0 Å². The average molecular weight is 1860 g/mol. The van der Waals surface area contributed by atoms with Crippen molar-refractivity contribution in [3.63, 3.8) is 0 Å². The second-order valence-corrected chi connectivity index (χ2v) is 43.5. The zero-order valence-electron chi connectivity index (χ0n) is 80.0. The van der Waals surface area contributed by atoms with Gasteiger partial charge in [0.1, 0.15) is 0 Å². The molecule has 11 heterocycles. The Kier molecular flexibility index (Phi) is 26.8. The third-order valence-electron chi connectivity index (χ3n) is 29.1. The molecule has 0 atom stereocenters. The summed E-state index contributed by atoms with van der Waals surface area (Å²) in [5.74, 6) is 0. The summed E-state index contributed by atoms with van der Waals surface area (Å²) in [6, 6.07) is 71.6. The van der Waals surface area contributed by atoms with Gasteiger partial charge in [-0.05, 0) is 340 Å². The number of hydrogen-bond donors (Lipinski definition) is 0. The van der Waals surface area contributed by atoms with Crippen molar-refractivity contribution in [1.29, 1.82) is 0 Å². The summed E-state index contributed by atoms with van der Waals surface area (Å²) in [5.41, 5.74) is 44.8. The van der Waals surface area contributed by atoms with Crippen molar-refractivity contribution >= 4 is 168 Å². The largest absolute Gasteiger partial charge is 0.320 e. The second-order valence-electron chi connectivity index (χ2n) is 38.9. The molecule has 8 aliphatic rings. The Morgan fingerprint density at radius 2 is 0.737 bits per heavy atom. The smallest absolute Gasteiger partial charge is 0.175 e. The lowest BCUT2D eigenvalue weighted by molar-refractivity contribution is 0.311. The molecule has 3 aliphatic carbocycles. The zero-order valence-corrected chi connectivity index (χ0v) is 84.0. The molecular formula is C116H126Cl2N10O2S3. The van der Waals surface area contributed by atoms with Gasteiger partial charge in [-0.25, -0.2) is 8.42 Å². The van der Waals surface area contributed by atoms with Gasteiger partial charge >= 0.3 is 0 Å². The molecule has 12 nitrogen and oxygen atoms in total. The number of likely N-dealkylation sites (N-methyl/N-ethyl adjacent to an activating group) is 5. The van der Waals surface area contributed by atoms with Gasteiger partial charge in [0, 0.05) is 209 Å². The van der Waals surface area contributed by atoms with E-state index in [0.717, 1.165) is 124 Å². The van der Waals surface area contributed by atoms with E-state index in [2.05, 4.69) is 306 Å². The Hall–Kier alpha value is -10.2. The topological polar surface area (TPSA) is 75.0 Å². The van der Waals surface area contributed by atoms with Gasteiger partial charge in [0.25, 0.3) is 0 Å². The van der Waals surface area contributed by atoms with Crippen molar-refractivity contribution < 1.29 is 8.42 Å². The van der Waals surface area contributed by atoms with E-state index in [0.29, 0.717) is 4.90 Å². The van der Waals surface area contributed by atoms with E-state index < -0.39 is 9.84 Å². The normalized spacial score (nSPS) is 17.0. The number of halogens is 2. The van der Waals surface area contributed by atoms with Crippen LogP contribution in [0.4, 0.5) is 0 Å². The van der Waals surface area contributed by atoms with Crippen LogP contribution in [-0.2, 0) is 74.7 Å². The first kappa shape index (κ1) is 91.9. The number of thioether (sulfide) groups is 1. The number of thiophene rings is 1. The molecule has 0 amide bonds. The highest BCUT2D eigenvalue weighted by molar-refractivity contribution is 7.98. The van der Waals surface area contributed by atoms with Crippen LogP contribution in [0.25, 0.3) is 112 Å². The van der Waals surface area contributed by atoms with Gasteiger partial charge in [-0.3, -0.25) is 0 Å². The first-order chi connectivity index (χ1) is 64.3. The van der Waals surface area contributed by atoms with Gasteiger partial charge in [0.15, 0.2) is 9.84 Å². The maximum absolute atomic E-state index is 11.9. The highest BCUT2D eigenvalue weighted by atomic mass is 35.5. The molecule has 684 valence electrons. The number of rotatable bonds is 12. The minimum atomic E-state index is -3.24. The molecule has 23 rings (SSSR count). The third kappa shape index (κ3) is 18.7. The summed E-state index contributed by atoms with van der Waals surface area (Å²) in [5, 5.41) is 10.6. The minimum absolute atomic E-state index is 0.338. The van der Waals surface area contributed by atoms with Crippen LogP contribution in [0.1, 0.15) is 183 Å². The summed E-state index contributed by atoms with van der Waals surface area (Å²) in [7, 11) is 7.82. The molecule has 0 unspecified atom stereocenters. The lowest BCUT2D eigenvalue weighted by Crippen LogP contribution is -2.27. The quantitative estimate of drug-likeness (QED) is 0.112. The SMILES string of the molecule is C/C(=C\n1c2c(c3cc(Cl)ccc31)CN(C)CC2)c1cccc(S(C)(=O)=O)c1.CSc1cccc(/C(C)=C/n2c3c(c4cc(Cl)ccc42)CN(C)CC3)c1.Cc1ccc(C2=C(n3c4c(c5cc(C)ccc53)CN(C)CC4)CCC2)cc1.Cc1ccc2c(c1)c1c(n2C2=C(c3ccccc3)CCC2)CCN(C)C1.Cc1ccc2c(c1)c1c(n2C2=C(c3sccc3C)CCC2)CCN(C)C1. The highest BCUT2D eigenvalue weighted by Gasteiger charge is 2.34. The lowest BCUT2D eigenvalue weighted by atomic mass is 10.0. The van der Waals surface area contributed by atoms with Crippen LogP contribution in [0.15, 0.2) is 215 Å². The summed E-state index contributed by atoms with van der Waals surface area (Å²) < 4.78 is 36.4. The molecule has 5 aliphatic heterocycles. The summed E-state index contributed by atoms with van der Waals surface area (Å²) in [6.07, 6.45) is 24.2. The van der Waals surface area contributed by atoms with E-state index in [4.69, 9.17) is 23.2 Å². The van der Waals surface area contributed by atoms with Crippen LogP contribution >= 0.6 is 46.3 Å². The number of fused-ring (bicyclic) bond motifs is 15. The van der Waals surface area contributed by atoms with Crippen LogP contribution in [0.5, 0.6) is 0 Å². The minimum Gasteiger partial charge on any atom is -0.320 e. The number of allylic oxidation sites excluding steroid dienone is 8. The van der Waals surface area contributed by atoms with Gasteiger partial charge in [-0.2, -0.15) is 0 Å². The van der Waals surface area contributed by atoms with Crippen LogP contribution in [0, 0.1) is 34.6 Å². The van der Waals surface area contributed by atoms with Crippen molar-refractivity contribution in [1.82, 2.24) is 47.3 Å². The van der Waals surface area contributed by atoms with Gasteiger partial charge in [-0.1, -0.05) is 143 Å². The molecule has 0 bridgehead atoms. The molecular weight excluding hydrogens is 1730 g/mol. The lowest BCUT2D eigenvalue weighted by Gasteiger charge is -2.25. The fraction of sp³-hybridized carbons (Fsp3) is 0.328. The van der Waals surface area contributed by atoms with E-state index in [9.17, 15) is 8.42 Å².